The molecule has 1 fully saturated rings. The summed E-state index contributed by atoms with van der Waals surface area (Å²) in [4.78, 5) is 38.9. The number of nitrogens with two attached hydrogens (primary N) is 1. The SMILES string of the molecule is NC(=O)C1CCN(C(=O)[C@@H]2CCn3c(C(=O)c4ccccc4)ccc32)CC1. The maximum atomic E-state index is 13.0. The van der Waals surface area contributed by atoms with E-state index in [-0.39, 0.29) is 29.4 Å². The highest BCUT2D eigenvalue weighted by atomic mass is 16.2. The Morgan fingerprint density at radius 2 is 1.59 bits per heavy atom. The van der Waals surface area contributed by atoms with E-state index in [2.05, 4.69) is 0 Å². The van der Waals surface area contributed by atoms with Gasteiger partial charge in [0.2, 0.25) is 17.6 Å². The topological polar surface area (TPSA) is 85.4 Å². The zero-order valence-corrected chi connectivity index (χ0v) is 15.1. The van der Waals surface area contributed by atoms with Crippen LogP contribution in [0.25, 0.3) is 0 Å². The molecule has 1 saturated heterocycles. The third-order valence-electron chi connectivity index (χ3n) is 5.79. The Balaban J connectivity index is 1.50. The van der Waals surface area contributed by atoms with Gasteiger partial charge in [-0.05, 0) is 31.4 Å². The van der Waals surface area contributed by atoms with E-state index in [1.807, 2.05) is 51.9 Å². The summed E-state index contributed by atoms with van der Waals surface area (Å²) in [6, 6.07) is 12.9. The maximum absolute atomic E-state index is 13.0. The smallest absolute Gasteiger partial charge is 0.231 e. The van der Waals surface area contributed by atoms with Gasteiger partial charge >= 0.3 is 0 Å². The van der Waals surface area contributed by atoms with Crippen molar-refractivity contribution < 1.29 is 14.4 Å². The molecule has 4 rings (SSSR count). The zero-order chi connectivity index (χ0) is 19.0. The molecule has 6 heteroatoms. The largest absolute Gasteiger partial charge is 0.369 e. The molecule has 2 aliphatic rings. The number of piperidine rings is 1. The van der Waals surface area contributed by atoms with E-state index in [9.17, 15) is 14.4 Å². The summed E-state index contributed by atoms with van der Waals surface area (Å²) >= 11 is 0. The van der Waals surface area contributed by atoms with E-state index in [1.165, 1.54) is 0 Å². The summed E-state index contributed by atoms with van der Waals surface area (Å²) in [5, 5.41) is 0. The van der Waals surface area contributed by atoms with Gasteiger partial charge in [-0.3, -0.25) is 14.4 Å². The Morgan fingerprint density at radius 3 is 2.26 bits per heavy atom. The number of hydrogen-bond acceptors (Lipinski definition) is 3. The average molecular weight is 365 g/mol. The second kappa shape index (κ2) is 7.02. The van der Waals surface area contributed by atoms with Crippen LogP contribution in [0.5, 0.6) is 0 Å². The van der Waals surface area contributed by atoms with Crippen molar-refractivity contribution in [3.05, 3.63) is 59.4 Å². The first-order valence-electron chi connectivity index (χ1n) is 9.43. The van der Waals surface area contributed by atoms with Crippen LogP contribution in [0, 0.1) is 5.92 Å². The summed E-state index contributed by atoms with van der Waals surface area (Å²) in [5.74, 6) is -0.546. The van der Waals surface area contributed by atoms with E-state index in [0.717, 1.165) is 5.69 Å². The van der Waals surface area contributed by atoms with E-state index in [1.54, 1.807) is 0 Å². The van der Waals surface area contributed by atoms with Gasteiger partial charge in [0.1, 0.15) is 0 Å². The summed E-state index contributed by atoms with van der Waals surface area (Å²) < 4.78 is 1.98. The van der Waals surface area contributed by atoms with E-state index >= 15 is 0 Å². The highest BCUT2D eigenvalue weighted by Crippen LogP contribution is 2.34. The van der Waals surface area contributed by atoms with Crippen molar-refractivity contribution in [1.29, 1.82) is 0 Å². The van der Waals surface area contributed by atoms with Gasteiger partial charge < -0.3 is 15.2 Å². The van der Waals surface area contributed by atoms with E-state index < -0.39 is 0 Å². The lowest BCUT2D eigenvalue weighted by Crippen LogP contribution is -2.43. The standard InChI is InChI=1S/C21H23N3O3/c22-20(26)15-8-11-23(12-9-15)21(27)16-10-13-24-17(16)6-7-18(24)19(25)14-4-2-1-3-5-14/h1-7,15-16H,8-13H2,(H2,22,26)/t16-/m1/s1. The quantitative estimate of drug-likeness (QED) is 0.840. The van der Waals surface area contributed by atoms with Gasteiger partial charge in [-0.1, -0.05) is 30.3 Å². The lowest BCUT2D eigenvalue weighted by Gasteiger charge is -2.32. The molecule has 3 heterocycles. The predicted octanol–water partition coefficient (Wildman–Crippen LogP) is 1.93. The maximum Gasteiger partial charge on any atom is 0.231 e. The third kappa shape index (κ3) is 3.16. The fraction of sp³-hybridized carbons (Fsp3) is 0.381. The van der Waals surface area contributed by atoms with Crippen molar-refractivity contribution >= 4 is 17.6 Å². The van der Waals surface area contributed by atoms with Gasteiger partial charge in [-0.2, -0.15) is 0 Å². The highest BCUT2D eigenvalue weighted by molar-refractivity contribution is 6.08. The van der Waals surface area contributed by atoms with Crippen LogP contribution in [0.2, 0.25) is 0 Å². The van der Waals surface area contributed by atoms with Crippen molar-refractivity contribution in [2.75, 3.05) is 13.1 Å². The first-order chi connectivity index (χ1) is 13.1. The number of benzene rings is 1. The van der Waals surface area contributed by atoms with Crippen LogP contribution in [0.3, 0.4) is 0 Å². The minimum Gasteiger partial charge on any atom is -0.369 e. The van der Waals surface area contributed by atoms with Crippen LogP contribution in [-0.2, 0) is 16.1 Å². The predicted molar refractivity (Wildman–Crippen MR) is 100 cm³/mol. The molecule has 2 aromatic rings. The molecule has 0 aliphatic carbocycles. The summed E-state index contributed by atoms with van der Waals surface area (Å²) in [7, 11) is 0. The number of hydrogen-bond donors (Lipinski definition) is 1. The second-order valence-electron chi connectivity index (χ2n) is 7.33. The summed E-state index contributed by atoms with van der Waals surface area (Å²) in [6.45, 7) is 1.81. The van der Waals surface area contributed by atoms with E-state index in [4.69, 9.17) is 5.73 Å². The van der Waals surface area contributed by atoms with Crippen LogP contribution < -0.4 is 5.73 Å². The number of nitrogens with zero attached hydrogens (tertiary/aromatic N) is 2. The number of carbonyl (C=O) groups is 3. The zero-order valence-electron chi connectivity index (χ0n) is 15.1. The molecule has 6 nitrogen and oxygen atoms in total. The monoisotopic (exact) mass is 365 g/mol. The van der Waals surface area contributed by atoms with Gasteiger partial charge in [0.05, 0.1) is 11.6 Å². The molecule has 0 unspecified atom stereocenters. The fourth-order valence-corrected chi connectivity index (χ4v) is 4.23. The molecule has 1 aromatic heterocycles. The molecular formula is C21H23N3O3. The molecule has 27 heavy (non-hydrogen) atoms. The first kappa shape index (κ1) is 17.5. The van der Waals surface area contributed by atoms with Crippen molar-refractivity contribution in [3.8, 4) is 0 Å². The van der Waals surface area contributed by atoms with Crippen LogP contribution in [0.15, 0.2) is 42.5 Å². The van der Waals surface area contributed by atoms with Crippen LogP contribution in [0.4, 0.5) is 0 Å². The van der Waals surface area contributed by atoms with Crippen molar-refractivity contribution in [2.45, 2.75) is 31.7 Å². The second-order valence-corrected chi connectivity index (χ2v) is 7.33. The lowest BCUT2D eigenvalue weighted by atomic mass is 9.94. The molecule has 2 aliphatic heterocycles. The summed E-state index contributed by atoms with van der Waals surface area (Å²) in [6.07, 6.45) is 1.97. The Labute approximate surface area is 157 Å². The number of aromatic nitrogens is 1. The molecule has 2 amide bonds. The Morgan fingerprint density at radius 1 is 0.889 bits per heavy atom. The number of ketones is 1. The minimum absolute atomic E-state index is 0.0165. The molecule has 0 saturated carbocycles. The van der Waals surface area contributed by atoms with Crippen molar-refractivity contribution in [2.24, 2.45) is 11.7 Å². The number of likely N-dealkylation sites (tertiary alicyclic amines) is 1. The van der Waals surface area contributed by atoms with Crippen LogP contribution >= 0.6 is 0 Å². The van der Waals surface area contributed by atoms with Gasteiger partial charge in [0.15, 0.2) is 0 Å². The Hall–Kier alpha value is -2.89. The number of fused-ring (bicyclic) bond motifs is 1. The molecule has 2 N–H and O–H groups in total. The minimum atomic E-state index is -0.277. The van der Waals surface area contributed by atoms with Crippen LogP contribution in [-0.4, -0.2) is 40.2 Å². The number of rotatable bonds is 4. The number of amides is 2. The molecule has 1 aromatic carbocycles. The number of carbonyl (C=O) groups excluding carboxylic acids is 3. The molecular weight excluding hydrogens is 342 g/mol. The van der Waals surface area contributed by atoms with Gasteiger partial charge in [-0.25, -0.2) is 0 Å². The van der Waals surface area contributed by atoms with Gasteiger partial charge in [-0.15, -0.1) is 0 Å². The van der Waals surface area contributed by atoms with Crippen molar-refractivity contribution in [1.82, 2.24) is 9.47 Å². The Bertz CT molecular complexity index is 879. The highest BCUT2D eigenvalue weighted by Gasteiger charge is 2.36. The molecule has 1 atom stereocenters. The third-order valence-corrected chi connectivity index (χ3v) is 5.79. The lowest BCUT2D eigenvalue weighted by molar-refractivity contribution is -0.136. The Kier molecular flexibility index (Phi) is 4.56. The number of primary amides is 1. The van der Waals surface area contributed by atoms with Gasteiger partial charge in [0.25, 0.3) is 0 Å². The first-order valence-corrected chi connectivity index (χ1v) is 9.43. The molecule has 140 valence electrons. The average Bonchev–Trinajstić information content (AvgIpc) is 3.30. The van der Waals surface area contributed by atoms with Crippen molar-refractivity contribution in [3.63, 3.8) is 0 Å². The molecule has 0 radical (unpaired) electrons. The van der Waals surface area contributed by atoms with Crippen LogP contribution in [0.1, 0.15) is 46.9 Å². The molecule has 0 spiro atoms. The van der Waals surface area contributed by atoms with E-state index in [0.29, 0.717) is 50.2 Å². The normalized spacial score (nSPS) is 19.7. The molecule has 0 bridgehead atoms. The van der Waals surface area contributed by atoms with Gasteiger partial charge in [0, 0.05) is 36.8 Å². The fourth-order valence-electron chi connectivity index (χ4n) is 4.23. The summed E-state index contributed by atoms with van der Waals surface area (Å²) in [5.41, 5.74) is 7.58.